The Morgan fingerprint density at radius 3 is 2.94 bits per heavy atom. The summed E-state index contributed by atoms with van der Waals surface area (Å²) in [6, 6.07) is 5.76. The Kier molecular flexibility index (Phi) is 4.16. The molecule has 0 unspecified atom stereocenters. The molecule has 0 atom stereocenters. The first-order valence-electron chi connectivity index (χ1n) is 6.36. The fourth-order valence-electron chi connectivity index (χ4n) is 1.76. The molecule has 96 valence electrons. The Morgan fingerprint density at radius 1 is 1.50 bits per heavy atom. The fourth-order valence-corrected chi connectivity index (χ4v) is 1.76. The molecule has 18 heavy (non-hydrogen) atoms. The largest absolute Gasteiger partial charge is 0.379 e. The first kappa shape index (κ1) is 12.8. The average molecular weight is 245 g/mol. The molecule has 1 aromatic heterocycles. The van der Waals surface area contributed by atoms with Crippen LogP contribution in [-0.2, 0) is 4.74 Å². The van der Waals surface area contributed by atoms with Crippen molar-refractivity contribution in [1.82, 2.24) is 4.98 Å². The van der Waals surface area contributed by atoms with E-state index in [1.807, 2.05) is 24.9 Å². The number of anilines is 1. The maximum atomic E-state index is 8.93. The number of hydrogen-bond donors (Lipinski definition) is 0. The van der Waals surface area contributed by atoms with Gasteiger partial charge in [-0.3, -0.25) is 0 Å². The van der Waals surface area contributed by atoms with E-state index >= 15 is 0 Å². The highest BCUT2D eigenvalue weighted by Crippen LogP contribution is 2.28. The van der Waals surface area contributed by atoms with E-state index in [0.29, 0.717) is 12.2 Å². The standard InChI is InChI=1S/C14H19N3O/c1-11-7-13(9-15)8-14(16-11)17(2)5-6-18-10-12-3-4-12/h7-8,12H,3-6,10H2,1-2H3. The SMILES string of the molecule is Cc1cc(C#N)cc(N(C)CCOCC2CC2)n1. The number of rotatable bonds is 6. The van der Waals surface area contributed by atoms with Crippen molar-refractivity contribution in [1.29, 1.82) is 5.26 Å². The van der Waals surface area contributed by atoms with Crippen LogP contribution in [-0.4, -0.2) is 31.8 Å². The van der Waals surface area contributed by atoms with Crippen molar-refractivity contribution < 1.29 is 4.74 Å². The van der Waals surface area contributed by atoms with Crippen molar-refractivity contribution in [2.24, 2.45) is 5.92 Å². The quantitative estimate of drug-likeness (QED) is 0.720. The Balaban J connectivity index is 1.84. The number of nitrogens with zero attached hydrogens (tertiary/aromatic N) is 3. The van der Waals surface area contributed by atoms with E-state index in [1.54, 1.807) is 6.07 Å². The van der Waals surface area contributed by atoms with Crippen LogP contribution in [0.3, 0.4) is 0 Å². The monoisotopic (exact) mass is 245 g/mol. The Hall–Kier alpha value is -1.60. The van der Waals surface area contributed by atoms with Crippen LogP contribution in [0.4, 0.5) is 5.82 Å². The molecule has 0 saturated heterocycles. The van der Waals surface area contributed by atoms with Gasteiger partial charge in [-0.1, -0.05) is 0 Å². The van der Waals surface area contributed by atoms with Gasteiger partial charge in [0, 0.05) is 25.9 Å². The summed E-state index contributed by atoms with van der Waals surface area (Å²) in [4.78, 5) is 6.46. The van der Waals surface area contributed by atoms with Crippen molar-refractivity contribution >= 4 is 5.82 Å². The third-order valence-electron chi connectivity index (χ3n) is 3.08. The van der Waals surface area contributed by atoms with E-state index in [2.05, 4.69) is 11.1 Å². The van der Waals surface area contributed by atoms with Crippen LogP contribution >= 0.6 is 0 Å². The summed E-state index contributed by atoms with van der Waals surface area (Å²) in [5.41, 5.74) is 1.53. The van der Waals surface area contributed by atoms with Crippen molar-refractivity contribution in [3.8, 4) is 6.07 Å². The van der Waals surface area contributed by atoms with Gasteiger partial charge in [0.2, 0.25) is 0 Å². The molecule has 0 spiro atoms. The lowest BCUT2D eigenvalue weighted by Crippen LogP contribution is -2.24. The average Bonchev–Trinajstić information content (AvgIpc) is 3.17. The van der Waals surface area contributed by atoms with Gasteiger partial charge in [0.15, 0.2) is 0 Å². The summed E-state index contributed by atoms with van der Waals surface area (Å²) in [6.45, 7) is 4.30. The van der Waals surface area contributed by atoms with Gasteiger partial charge in [-0.25, -0.2) is 4.98 Å². The highest BCUT2D eigenvalue weighted by atomic mass is 16.5. The summed E-state index contributed by atoms with van der Waals surface area (Å²) in [6.07, 6.45) is 2.64. The molecule has 0 N–H and O–H groups in total. The van der Waals surface area contributed by atoms with E-state index in [1.165, 1.54) is 12.8 Å². The number of pyridine rings is 1. The van der Waals surface area contributed by atoms with Gasteiger partial charge in [-0.15, -0.1) is 0 Å². The molecule has 4 nitrogen and oxygen atoms in total. The Bertz CT molecular complexity index is 449. The molecular formula is C14H19N3O. The number of aromatic nitrogens is 1. The van der Waals surface area contributed by atoms with Gasteiger partial charge in [0.25, 0.3) is 0 Å². The maximum Gasteiger partial charge on any atom is 0.129 e. The molecule has 0 aromatic carbocycles. The second-order valence-corrected chi connectivity index (χ2v) is 4.91. The van der Waals surface area contributed by atoms with Crippen molar-refractivity contribution in [3.05, 3.63) is 23.4 Å². The number of ether oxygens (including phenoxy) is 1. The molecule has 1 fully saturated rings. The Labute approximate surface area is 108 Å². The van der Waals surface area contributed by atoms with Gasteiger partial charge in [-0.05, 0) is 37.8 Å². The summed E-state index contributed by atoms with van der Waals surface area (Å²) >= 11 is 0. The van der Waals surface area contributed by atoms with E-state index in [9.17, 15) is 0 Å². The van der Waals surface area contributed by atoms with Crippen LogP contribution in [0.15, 0.2) is 12.1 Å². The molecule has 1 heterocycles. The molecule has 0 aliphatic heterocycles. The lowest BCUT2D eigenvalue weighted by molar-refractivity contribution is 0.131. The summed E-state index contributed by atoms with van der Waals surface area (Å²) in [7, 11) is 1.98. The van der Waals surface area contributed by atoms with Gasteiger partial charge >= 0.3 is 0 Å². The highest BCUT2D eigenvalue weighted by molar-refractivity contribution is 5.45. The van der Waals surface area contributed by atoms with Crippen LogP contribution in [0.5, 0.6) is 0 Å². The molecule has 1 aliphatic rings. The first-order chi connectivity index (χ1) is 8.69. The van der Waals surface area contributed by atoms with E-state index in [4.69, 9.17) is 10.00 Å². The normalized spacial score (nSPS) is 14.3. The third kappa shape index (κ3) is 3.71. The first-order valence-corrected chi connectivity index (χ1v) is 6.36. The molecule has 1 aromatic rings. The molecule has 1 saturated carbocycles. The van der Waals surface area contributed by atoms with Crippen molar-refractivity contribution in [3.63, 3.8) is 0 Å². The topological polar surface area (TPSA) is 49.2 Å². The zero-order chi connectivity index (χ0) is 13.0. The van der Waals surface area contributed by atoms with Crippen molar-refractivity contribution in [2.75, 3.05) is 31.7 Å². The molecule has 0 bridgehead atoms. The summed E-state index contributed by atoms with van der Waals surface area (Å²) < 4.78 is 5.60. The van der Waals surface area contributed by atoms with Crippen LogP contribution in [0.25, 0.3) is 0 Å². The number of hydrogen-bond acceptors (Lipinski definition) is 4. The second kappa shape index (κ2) is 5.83. The minimum atomic E-state index is 0.656. The number of likely N-dealkylation sites (N-methyl/N-ethyl adjacent to an activating group) is 1. The number of nitriles is 1. The zero-order valence-electron chi connectivity index (χ0n) is 11.0. The third-order valence-corrected chi connectivity index (χ3v) is 3.08. The lowest BCUT2D eigenvalue weighted by atomic mass is 10.2. The lowest BCUT2D eigenvalue weighted by Gasteiger charge is -2.18. The van der Waals surface area contributed by atoms with E-state index < -0.39 is 0 Å². The molecule has 1 aliphatic carbocycles. The fraction of sp³-hybridized carbons (Fsp3) is 0.571. The van der Waals surface area contributed by atoms with Crippen LogP contribution in [0.2, 0.25) is 0 Å². The molecule has 4 heteroatoms. The van der Waals surface area contributed by atoms with Gasteiger partial charge < -0.3 is 9.64 Å². The summed E-state index contributed by atoms with van der Waals surface area (Å²) in [5.74, 6) is 1.64. The second-order valence-electron chi connectivity index (χ2n) is 4.91. The van der Waals surface area contributed by atoms with Gasteiger partial charge in [0.05, 0.1) is 18.2 Å². The molecule has 0 amide bonds. The highest BCUT2D eigenvalue weighted by Gasteiger charge is 2.21. The molecule has 2 rings (SSSR count). The molecule has 0 radical (unpaired) electrons. The van der Waals surface area contributed by atoms with Crippen LogP contribution < -0.4 is 4.90 Å². The predicted octanol–water partition coefficient (Wildman–Crippen LogP) is 2.12. The maximum absolute atomic E-state index is 8.93. The minimum absolute atomic E-state index is 0.656. The van der Waals surface area contributed by atoms with Crippen LogP contribution in [0, 0.1) is 24.2 Å². The summed E-state index contributed by atoms with van der Waals surface area (Å²) in [5, 5.41) is 8.93. The molecular weight excluding hydrogens is 226 g/mol. The smallest absolute Gasteiger partial charge is 0.129 e. The van der Waals surface area contributed by atoms with E-state index in [-0.39, 0.29) is 0 Å². The van der Waals surface area contributed by atoms with Gasteiger partial charge in [0.1, 0.15) is 5.82 Å². The van der Waals surface area contributed by atoms with Crippen LogP contribution in [0.1, 0.15) is 24.1 Å². The number of aryl methyl sites for hydroxylation is 1. The van der Waals surface area contributed by atoms with Gasteiger partial charge in [-0.2, -0.15) is 5.26 Å². The minimum Gasteiger partial charge on any atom is -0.379 e. The predicted molar refractivity (Wildman–Crippen MR) is 70.5 cm³/mol. The van der Waals surface area contributed by atoms with E-state index in [0.717, 1.165) is 30.6 Å². The zero-order valence-corrected chi connectivity index (χ0v) is 11.0. The van der Waals surface area contributed by atoms with Crippen molar-refractivity contribution in [2.45, 2.75) is 19.8 Å². The Morgan fingerprint density at radius 2 is 2.28 bits per heavy atom.